The van der Waals surface area contributed by atoms with Gasteiger partial charge in [0.05, 0.1) is 34.4 Å². The van der Waals surface area contributed by atoms with Crippen molar-refractivity contribution in [2.45, 2.75) is 62.2 Å². The number of sulfone groups is 2. The number of imidazole rings is 1. The molecular weight excluding hydrogens is 1050 g/mol. The predicted octanol–water partition coefficient (Wildman–Crippen LogP) is 4.93. The highest BCUT2D eigenvalue weighted by atomic mass is 32.2. The van der Waals surface area contributed by atoms with E-state index in [1.165, 1.54) is 35.4 Å². The SMILES string of the molecule is CCCCNc1cc(C(=O)CCCN2CCS(=O)(=O)CC2)cc(S(N)(=O)=O)c1Oc1ccccc1.CCCCNc1cc(C(=O)n2ccnc2)cc(S(N)(=O)=O)c1Oc1ccccc1.NCCN1CCS(=O)(=O)CC1. The number of unbranched alkanes of at least 4 members (excludes halogenated alkanes) is 2. The third kappa shape index (κ3) is 19.4. The van der Waals surface area contributed by atoms with E-state index in [1.54, 1.807) is 60.7 Å². The van der Waals surface area contributed by atoms with E-state index in [4.69, 9.17) is 25.5 Å². The molecule has 0 atom stereocenters. The van der Waals surface area contributed by atoms with Gasteiger partial charge in [-0.3, -0.25) is 14.2 Å². The number of carbonyl (C=O) groups excluding carboxylic acids is 2. The number of nitrogens with zero attached hydrogens (tertiary/aromatic N) is 4. The summed E-state index contributed by atoms with van der Waals surface area (Å²) in [5, 5.41) is 17.3. The van der Waals surface area contributed by atoms with Crippen molar-refractivity contribution in [3.8, 4) is 23.0 Å². The van der Waals surface area contributed by atoms with Crippen LogP contribution in [-0.2, 0) is 39.7 Å². The highest BCUT2D eigenvalue weighted by Crippen LogP contribution is 2.39. The van der Waals surface area contributed by atoms with E-state index in [0.717, 1.165) is 32.2 Å². The number of aromatic nitrogens is 2. The Morgan fingerprint density at radius 3 is 1.49 bits per heavy atom. The van der Waals surface area contributed by atoms with Crippen molar-refractivity contribution in [2.24, 2.45) is 16.0 Å². The van der Waals surface area contributed by atoms with Crippen LogP contribution in [0.25, 0.3) is 0 Å². The molecule has 0 radical (unpaired) electrons. The molecule has 0 unspecified atom stereocenters. The number of Topliss-reactive ketones (excluding diaryl/α,β-unsaturated/α-hetero) is 1. The number of benzene rings is 4. The molecule has 2 fully saturated rings. The molecule has 4 aromatic carbocycles. The van der Waals surface area contributed by atoms with Crippen molar-refractivity contribution < 1.29 is 52.7 Å². The first-order chi connectivity index (χ1) is 35.6. The van der Waals surface area contributed by atoms with Crippen molar-refractivity contribution in [1.82, 2.24) is 19.4 Å². The number of hydrogen-bond acceptors (Lipinski definition) is 18. The lowest BCUT2D eigenvalue weighted by molar-refractivity contribution is 0.0956. The van der Waals surface area contributed by atoms with Crippen LogP contribution >= 0.6 is 0 Å². The lowest BCUT2D eigenvalue weighted by Crippen LogP contribution is -2.42. The highest BCUT2D eigenvalue weighted by Gasteiger charge is 2.27. The van der Waals surface area contributed by atoms with Gasteiger partial charge in [-0.2, -0.15) is 0 Å². The largest absolute Gasteiger partial charge is 0.454 e. The highest BCUT2D eigenvalue weighted by molar-refractivity contribution is 7.91. The fourth-order valence-electron chi connectivity index (χ4n) is 7.66. The Bertz CT molecular complexity index is 3090. The number of anilines is 2. The van der Waals surface area contributed by atoms with Crippen molar-refractivity contribution in [1.29, 1.82) is 0 Å². The van der Waals surface area contributed by atoms with E-state index in [2.05, 4.69) is 20.5 Å². The predicted molar refractivity (Wildman–Crippen MR) is 290 cm³/mol. The Morgan fingerprint density at radius 2 is 1.08 bits per heavy atom. The maximum Gasteiger partial charge on any atom is 0.263 e. The lowest BCUT2D eigenvalue weighted by atomic mass is 10.0. The van der Waals surface area contributed by atoms with Gasteiger partial charge in [0.2, 0.25) is 20.0 Å². The summed E-state index contributed by atoms with van der Waals surface area (Å²) in [4.78, 5) is 33.2. The average molecular weight is 1120 g/mol. The standard InChI is InChI=1S/C24H33N3O6S2.C20H22N4O4S.C6H14N2O2S/c1-2-3-11-26-21-17-19(22(28)10-7-12-27-13-15-34(29,30)16-14-27)18-23(35(25,31)32)24(21)33-20-8-5-4-6-9-20;1-2-3-9-23-17-12-15(20(25)24-11-10-22-14-24)13-18(29(21,26)27)19(17)28-16-7-5-4-6-8-16;7-1-2-8-3-5-11(9,10)6-4-8/h4-6,8-9,17-18,26H,2-3,7,10-16H2,1H3,(H2,25,31,32);4-8,10-14,23H,2-3,9H2,1H3,(H2,21,26,27);1-7H2. The molecule has 0 aliphatic carbocycles. The summed E-state index contributed by atoms with van der Waals surface area (Å²) >= 11 is 0. The number of rotatable bonds is 22. The van der Waals surface area contributed by atoms with Crippen LogP contribution in [0.2, 0.25) is 0 Å². The average Bonchev–Trinajstić information content (AvgIpc) is 3.92. The number of nitrogens with one attached hydrogen (secondary N) is 2. The normalized spacial score (nSPS) is 15.5. The molecular formula is C50H69N9O12S4. The van der Waals surface area contributed by atoms with Gasteiger partial charge in [-0.15, -0.1) is 0 Å². The molecule has 0 spiro atoms. The maximum absolute atomic E-state index is 13.0. The fourth-order valence-corrected chi connectivity index (χ4v) is 11.6. The molecule has 0 bridgehead atoms. The molecule has 75 heavy (non-hydrogen) atoms. The zero-order valence-electron chi connectivity index (χ0n) is 42.3. The van der Waals surface area contributed by atoms with E-state index < -0.39 is 45.6 Å². The van der Waals surface area contributed by atoms with Crippen LogP contribution < -0.4 is 36.1 Å². The topological polar surface area (TPSA) is 316 Å². The minimum absolute atomic E-state index is 0.0528. The van der Waals surface area contributed by atoms with E-state index in [-0.39, 0.29) is 56.1 Å². The molecule has 5 aromatic rings. The number of carbonyl (C=O) groups is 2. The van der Waals surface area contributed by atoms with E-state index in [1.807, 2.05) is 30.9 Å². The number of primary sulfonamides is 2. The summed E-state index contributed by atoms with van der Waals surface area (Å²) in [5.74, 6) is 1.21. The van der Waals surface area contributed by atoms with Gasteiger partial charge in [-0.25, -0.2) is 48.9 Å². The molecule has 2 aliphatic heterocycles. The first kappa shape index (κ1) is 60.1. The fraction of sp³-hybridized carbons (Fsp3) is 0.420. The molecule has 25 heteroatoms. The van der Waals surface area contributed by atoms with E-state index >= 15 is 0 Å². The zero-order chi connectivity index (χ0) is 54.7. The van der Waals surface area contributed by atoms with Crippen LogP contribution in [0.3, 0.4) is 0 Å². The third-order valence-corrected chi connectivity index (χ3v) is 16.9. The number of hydrogen-bond donors (Lipinski definition) is 5. The molecule has 1 aromatic heterocycles. The number of nitrogens with two attached hydrogens (primary N) is 3. The van der Waals surface area contributed by atoms with Gasteiger partial charge in [-0.05, 0) is 74.3 Å². The van der Waals surface area contributed by atoms with Crippen LogP contribution in [-0.4, -0.2) is 147 Å². The summed E-state index contributed by atoms with van der Waals surface area (Å²) < 4.78 is 108. The van der Waals surface area contributed by atoms with Gasteiger partial charge in [0.15, 0.2) is 37.0 Å². The Labute approximate surface area is 441 Å². The Balaban J connectivity index is 0.000000233. The summed E-state index contributed by atoms with van der Waals surface area (Å²) in [6.07, 6.45) is 8.60. The van der Waals surface area contributed by atoms with Crippen LogP contribution in [0.4, 0.5) is 11.4 Å². The summed E-state index contributed by atoms with van der Waals surface area (Å²) in [6, 6.07) is 23.2. The molecule has 0 saturated carbocycles. The maximum atomic E-state index is 13.0. The van der Waals surface area contributed by atoms with Crippen molar-refractivity contribution in [2.75, 3.05) is 92.5 Å². The third-order valence-electron chi connectivity index (χ3n) is 11.8. The number of sulfonamides is 2. The molecule has 2 aliphatic rings. The smallest absolute Gasteiger partial charge is 0.263 e. The molecule has 0 amide bonds. The second kappa shape index (κ2) is 28.4. The first-order valence-electron chi connectivity index (χ1n) is 24.6. The van der Waals surface area contributed by atoms with Gasteiger partial charge in [0, 0.05) is 82.3 Å². The van der Waals surface area contributed by atoms with Crippen molar-refractivity contribution >= 4 is 62.8 Å². The molecule has 3 heterocycles. The van der Waals surface area contributed by atoms with Crippen molar-refractivity contribution in [3.63, 3.8) is 0 Å². The molecule has 8 N–H and O–H groups in total. The summed E-state index contributed by atoms with van der Waals surface area (Å²) in [6.45, 7) is 9.48. The Hall–Kier alpha value is -5.77. The van der Waals surface area contributed by atoms with Crippen LogP contribution in [0.5, 0.6) is 23.0 Å². The number of ketones is 1. The summed E-state index contributed by atoms with van der Waals surface area (Å²) in [5.41, 5.74) is 6.47. The molecule has 410 valence electrons. The van der Waals surface area contributed by atoms with Gasteiger partial charge in [-0.1, -0.05) is 63.1 Å². The zero-order valence-corrected chi connectivity index (χ0v) is 45.6. The van der Waals surface area contributed by atoms with Crippen molar-refractivity contribution in [3.05, 3.63) is 115 Å². The summed E-state index contributed by atoms with van der Waals surface area (Å²) in [7, 11) is -14.0. The monoisotopic (exact) mass is 1120 g/mol. The van der Waals surface area contributed by atoms with E-state index in [0.29, 0.717) is 93.2 Å². The lowest BCUT2D eigenvalue weighted by Gasteiger charge is -2.26. The van der Waals surface area contributed by atoms with Crippen LogP contribution in [0.1, 0.15) is 73.1 Å². The first-order valence-corrected chi connectivity index (χ1v) is 31.3. The minimum Gasteiger partial charge on any atom is -0.454 e. The van der Waals surface area contributed by atoms with Crippen LogP contribution in [0.15, 0.2) is 113 Å². The number of para-hydroxylation sites is 2. The van der Waals surface area contributed by atoms with Crippen LogP contribution in [0, 0.1) is 0 Å². The number of ether oxygens (including phenoxy) is 2. The van der Waals surface area contributed by atoms with Gasteiger partial charge < -0.3 is 35.6 Å². The molecule has 21 nitrogen and oxygen atoms in total. The Kier molecular flexibility index (Phi) is 22.7. The van der Waals surface area contributed by atoms with Gasteiger partial charge in [0.1, 0.15) is 27.6 Å². The van der Waals surface area contributed by atoms with E-state index in [9.17, 15) is 43.3 Å². The van der Waals surface area contributed by atoms with Gasteiger partial charge in [0.25, 0.3) is 5.91 Å². The molecule has 2 saturated heterocycles. The molecule has 7 rings (SSSR count). The quantitative estimate of drug-likeness (QED) is 0.0453. The minimum atomic E-state index is -4.19. The van der Waals surface area contributed by atoms with Gasteiger partial charge >= 0.3 is 0 Å². The second-order valence-corrected chi connectivity index (χ2v) is 25.4. The second-order valence-electron chi connectivity index (χ2n) is 17.8. The Morgan fingerprint density at radius 1 is 0.640 bits per heavy atom.